The molecule has 0 aromatic rings. The molecule has 1 amide bonds. The molecule has 1 fully saturated rings. The summed E-state index contributed by atoms with van der Waals surface area (Å²) in [4.78, 5) is 12.6. The molecule has 2 nitrogen and oxygen atoms in total. The second-order valence-electron chi connectivity index (χ2n) is 7.34. The molecule has 1 rings (SSSR count). The minimum Gasteiger partial charge on any atom is -0.353 e. The van der Waals surface area contributed by atoms with Crippen molar-refractivity contribution in [1.82, 2.24) is 5.32 Å². The zero-order chi connectivity index (χ0) is 15.1. The van der Waals surface area contributed by atoms with Gasteiger partial charge in [0.05, 0.1) is 0 Å². The van der Waals surface area contributed by atoms with Crippen LogP contribution >= 0.6 is 0 Å². The molecule has 4 unspecified atom stereocenters. The van der Waals surface area contributed by atoms with Crippen molar-refractivity contribution in [1.29, 1.82) is 0 Å². The molecule has 0 bridgehead atoms. The lowest BCUT2D eigenvalue weighted by Gasteiger charge is -2.37. The molecular weight excluding hydrogens is 246 g/mol. The molecule has 0 radical (unpaired) electrons. The molecule has 0 heterocycles. The van der Waals surface area contributed by atoms with E-state index in [1.807, 2.05) is 0 Å². The van der Waals surface area contributed by atoms with E-state index in [1.54, 1.807) is 0 Å². The molecule has 4 atom stereocenters. The number of carbonyl (C=O) groups excluding carboxylic acids is 1. The molecule has 0 aliphatic heterocycles. The van der Waals surface area contributed by atoms with Crippen molar-refractivity contribution in [3.05, 3.63) is 0 Å². The summed E-state index contributed by atoms with van der Waals surface area (Å²) in [7, 11) is 0. The minimum atomic E-state index is 0.243. The smallest absolute Gasteiger partial charge is 0.223 e. The summed E-state index contributed by atoms with van der Waals surface area (Å²) < 4.78 is 0. The summed E-state index contributed by atoms with van der Waals surface area (Å²) in [5.74, 6) is 2.46. The predicted octanol–water partition coefficient (Wildman–Crippen LogP) is 4.78. The van der Waals surface area contributed by atoms with Gasteiger partial charge < -0.3 is 5.32 Å². The average molecular weight is 281 g/mol. The van der Waals surface area contributed by atoms with Gasteiger partial charge in [-0.05, 0) is 43.9 Å². The van der Waals surface area contributed by atoms with Crippen LogP contribution in [-0.2, 0) is 4.79 Å². The zero-order valence-electron chi connectivity index (χ0n) is 14.2. The summed E-state index contributed by atoms with van der Waals surface area (Å²) in [6.07, 6.45) is 8.46. The van der Waals surface area contributed by atoms with E-state index in [0.29, 0.717) is 29.7 Å². The van der Waals surface area contributed by atoms with Gasteiger partial charge in [-0.1, -0.05) is 53.4 Å². The maximum atomic E-state index is 12.6. The third kappa shape index (κ3) is 5.46. The Morgan fingerprint density at radius 1 is 1.20 bits per heavy atom. The number of unbranched alkanes of at least 4 members (excludes halogenated alkanes) is 2. The molecule has 1 aliphatic carbocycles. The van der Waals surface area contributed by atoms with Gasteiger partial charge >= 0.3 is 0 Å². The first-order valence-corrected chi connectivity index (χ1v) is 8.76. The first-order chi connectivity index (χ1) is 9.45. The van der Waals surface area contributed by atoms with Crippen LogP contribution in [0.1, 0.15) is 79.6 Å². The molecular formula is C18H35NO. The van der Waals surface area contributed by atoms with Gasteiger partial charge in [0.15, 0.2) is 0 Å². The van der Waals surface area contributed by atoms with Gasteiger partial charge in [-0.15, -0.1) is 0 Å². The maximum absolute atomic E-state index is 12.6. The molecule has 20 heavy (non-hydrogen) atoms. The number of hydrogen-bond acceptors (Lipinski definition) is 1. The largest absolute Gasteiger partial charge is 0.353 e. The maximum Gasteiger partial charge on any atom is 0.223 e. The Bertz CT molecular complexity index is 287. The topological polar surface area (TPSA) is 29.1 Å². The van der Waals surface area contributed by atoms with Gasteiger partial charge in [-0.2, -0.15) is 0 Å². The minimum absolute atomic E-state index is 0.243. The number of nitrogens with one attached hydrogen (secondary N) is 1. The standard InChI is InChI=1S/C18H35NO/c1-6-7-8-9-15(5)19-18(20)17-12-14(4)10-11-16(17)13(2)3/h13-17H,6-12H2,1-5H3,(H,19,20). The van der Waals surface area contributed by atoms with Crippen molar-refractivity contribution in [2.45, 2.75) is 85.6 Å². The van der Waals surface area contributed by atoms with Gasteiger partial charge in [-0.25, -0.2) is 0 Å². The van der Waals surface area contributed by atoms with E-state index in [2.05, 4.69) is 39.9 Å². The van der Waals surface area contributed by atoms with E-state index in [9.17, 15) is 4.79 Å². The molecule has 118 valence electrons. The van der Waals surface area contributed by atoms with Crippen molar-refractivity contribution in [3.8, 4) is 0 Å². The first kappa shape index (κ1) is 17.5. The Balaban J connectivity index is 2.49. The van der Waals surface area contributed by atoms with E-state index in [4.69, 9.17) is 0 Å². The summed E-state index contributed by atoms with van der Waals surface area (Å²) in [5, 5.41) is 3.27. The highest BCUT2D eigenvalue weighted by molar-refractivity contribution is 5.79. The third-order valence-electron chi connectivity index (χ3n) is 4.99. The molecule has 1 aliphatic rings. The van der Waals surface area contributed by atoms with E-state index < -0.39 is 0 Å². The lowest BCUT2D eigenvalue weighted by molar-refractivity contribution is -0.130. The molecule has 0 aromatic heterocycles. The fraction of sp³-hybridized carbons (Fsp3) is 0.944. The van der Waals surface area contributed by atoms with Crippen LogP contribution in [0.2, 0.25) is 0 Å². The van der Waals surface area contributed by atoms with Gasteiger partial charge in [-0.3, -0.25) is 4.79 Å². The van der Waals surface area contributed by atoms with Crippen LogP contribution in [-0.4, -0.2) is 11.9 Å². The summed E-state index contributed by atoms with van der Waals surface area (Å²) in [6, 6.07) is 0.332. The average Bonchev–Trinajstić information content (AvgIpc) is 2.38. The highest BCUT2D eigenvalue weighted by Crippen LogP contribution is 2.38. The van der Waals surface area contributed by atoms with Crippen molar-refractivity contribution < 1.29 is 4.79 Å². The summed E-state index contributed by atoms with van der Waals surface area (Å²) >= 11 is 0. The molecule has 0 spiro atoms. The molecule has 1 N–H and O–H groups in total. The van der Waals surface area contributed by atoms with Gasteiger partial charge in [0, 0.05) is 12.0 Å². The molecule has 1 saturated carbocycles. The van der Waals surface area contributed by atoms with Gasteiger partial charge in [0.25, 0.3) is 0 Å². The normalized spacial score (nSPS) is 28.4. The Morgan fingerprint density at radius 2 is 1.90 bits per heavy atom. The highest BCUT2D eigenvalue weighted by atomic mass is 16.1. The highest BCUT2D eigenvalue weighted by Gasteiger charge is 2.35. The Labute approximate surface area is 126 Å². The van der Waals surface area contributed by atoms with Gasteiger partial charge in [0.2, 0.25) is 5.91 Å². The Morgan fingerprint density at radius 3 is 2.50 bits per heavy atom. The van der Waals surface area contributed by atoms with Crippen LogP contribution in [0.3, 0.4) is 0 Å². The quantitative estimate of drug-likeness (QED) is 0.668. The monoisotopic (exact) mass is 281 g/mol. The van der Waals surface area contributed by atoms with Crippen molar-refractivity contribution in [3.63, 3.8) is 0 Å². The van der Waals surface area contributed by atoms with Crippen LogP contribution in [0.4, 0.5) is 0 Å². The second kappa shape index (κ2) is 8.69. The van der Waals surface area contributed by atoms with E-state index in [1.165, 1.54) is 32.1 Å². The Kier molecular flexibility index (Phi) is 7.61. The fourth-order valence-electron chi connectivity index (χ4n) is 3.63. The van der Waals surface area contributed by atoms with E-state index in [0.717, 1.165) is 12.8 Å². The van der Waals surface area contributed by atoms with Crippen molar-refractivity contribution in [2.75, 3.05) is 0 Å². The van der Waals surface area contributed by atoms with Crippen LogP contribution in [0.5, 0.6) is 0 Å². The SMILES string of the molecule is CCCCCC(C)NC(=O)C1CC(C)CCC1C(C)C. The third-order valence-corrected chi connectivity index (χ3v) is 4.99. The number of rotatable bonds is 7. The van der Waals surface area contributed by atoms with Crippen LogP contribution in [0.15, 0.2) is 0 Å². The summed E-state index contributed by atoms with van der Waals surface area (Å²) in [5.41, 5.74) is 0. The lowest BCUT2D eigenvalue weighted by atomic mass is 9.69. The van der Waals surface area contributed by atoms with Crippen LogP contribution in [0, 0.1) is 23.7 Å². The fourth-order valence-corrected chi connectivity index (χ4v) is 3.63. The molecule has 0 saturated heterocycles. The van der Waals surface area contributed by atoms with Crippen LogP contribution in [0.25, 0.3) is 0 Å². The summed E-state index contributed by atoms with van der Waals surface area (Å²) in [6.45, 7) is 11.2. The van der Waals surface area contributed by atoms with Crippen molar-refractivity contribution >= 4 is 5.91 Å². The van der Waals surface area contributed by atoms with E-state index >= 15 is 0 Å². The van der Waals surface area contributed by atoms with Crippen molar-refractivity contribution in [2.24, 2.45) is 23.7 Å². The molecule has 0 aromatic carbocycles. The van der Waals surface area contributed by atoms with Gasteiger partial charge in [0.1, 0.15) is 0 Å². The number of amides is 1. The Hall–Kier alpha value is -0.530. The number of hydrogen-bond donors (Lipinski definition) is 1. The predicted molar refractivity (Wildman–Crippen MR) is 86.6 cm³/mol. The van der Waals surface area contributed by atoms with E-state index in [-0.39, 0.29) is 5.92 Å². The molecule has 2 heteroatoms. The van der Waals surface area contributed by atoms with Crippen LogP contribution < -0.4 is 5.32 Å². The number of carbonyl (C=O) groups is 1. The zero-order valence-corrected chi connectivity index (χ0v) is 14.2. The second-order valence-corrected chi connectivity index (χ2v) is 7.34. The lowest BCUT2D eigenvalue weighted by Crippen LogP contribution is -2.43. The first-order valence-electron chi connectivity index (χ1n) is 8.76.